The Balaban J connectivity index is 2.92. The minimum Gasteiger partial charge on any atom is -0.462 e. The fourth-order valence-electron chi connectivity index (χ4n) is 1.76. The lowest BCUT2D eigenvalue weighted by atomic mass is 10.1. The Hall–Kier alpha value is -1.47. The number of nitrogens with two attached hydrogens (primary N) is 1. The summed E-state index contributed by atoms with van der Waals surface area (Å²) < 4.78 is 5.02. The standard InChI is InChI=1S/C14H23N3O3S/c1-5-7-9(15)12(18)17-14-16-10(8(3)4)11(21-14)13(19)20-6-2/h8-9H,5-7,15H2,1-4H3,(H,16,17,18). The van der Waals surface area contributed by atoms with Crippen LogP contribution in [0.2, 0.25) is 0 Å². The molecule has 0 bridgehead atoms. The second-order valence-electron chi connectivity index (χ2n) is 4.99. The molecule has 1 heterocycles. The zero-order valence-electron chi connectivity index (χ0n) is 12.9. The summed E-state index contributed by atoms with van der Waals surface area (Å²) in [6, 6.07) is -0.563. The number of anilines is 1. The topological polar surface area (TPSA) is 94.3 Å². The van der Waals surface area contributed by atoms with Crippen LogP contribution in [0.4, 0.5) is 5.13 Å². The molecule has 21 heavy (non-hydrogen) atoms. The van der Waals surface area contributed by atoms with Gasteiger partial charge in [-0.3, -0.25) is 4.79 Å². The maximum atomic E-state index is 11.9. The van der Waals surface area contributed by atoms with Gasteiger partial charge in [-0.25, -0.2) is 9.78 Å². The van der Waals surface area contributed by atoms with Crippen LogP contribution < -0.4 is 11.1 Å². The van der Waals surface area contributed by atoms with Crippen LogP contribution in [-0.4, -0.2) is 29.5 Å². The molecule has 0 aliphatic carbocycles. The normalized spacial score (nSPS) is 12.3. The largest absolute Gasteiger partial charge is 0.462 e. The molecular formula is C14H23N3O3S. The number of thiazole rings is 1. The summed E-state index contributed by atoms with van der Waals surface area (Å²) in [5, 5.41) is 3.06. The van der Waals surface area contributed by atoms with Gasteiger partial charge < -0.3 is 15.8 Å². The van der Waals surface area contributed by atoms with Gasteiger partial charge in [0.05, 0.1) is 18.3 Å². The summed E-state index contributed by atoms with van der Waals surface area (Å²) in [6.45, 7) is 7.89. The molecule has 7 heteroatoms. The van der Waals surface area contributed by atoms with E-state index >= 15 is 0 Å². The van der Waals surface area contributed by atoms with Gasteiger partial charge in [-0.2, -0.15) is 0 Å². The van der Waals surface area contributed by atoms with Crippen LogP contribution >= 0.6 is 11.3 Å². The summed E-state index contributed by atoms with van der Waals surface area (Å²) >= 11 is 1.13. The third-order valence-corrected chi connectivity index (χ3v) is 3.79. The van der Waals surface area contributed by atoms with E-state index in [1.54, 1.807) is 6.92 Å². The number of nitrogens with zero attached hydrogens (tertiary/aromatic N) is 1. The van der Waals surface area contributed by atoms with Crippen LogP contribution in [-0.2, 0) is 9.53 Å². The molecule has 0 aliphatic rings. The van der Waals surface area contributed by atoms with E-state index in [1.807, 2.05) is 20.8 Å². The van der Waals surface area contributed by atoms with Gasteiger partial charge in [0.1, 0.15) is 4.88 Å². The van der Waals surface area contributed by atoms with Gasteiger partial charge in [-0.05, 0) is 19.3 Å². The van der Waals surface area contributed by atoms with E-state index in [0.717, 1.165) is 17.8 Å². The van der Waals surface area contributed by atoms with E-state index < -0.39 is 12.0 Å². The fraction of sp³-hybridized carbons (Fsp3) is 0.643. The van der Waals surface area contributed by atoms with Crippen molar-refractivity contribution >= 4 is 28.3 Å². The number of esters is 1. The van der Waals surface area contributed by atoms with Gasteiger partial charge in [-0.1, -0.05) is 38.5 Å². The summed E-state index contributed by atoms with van der Waals surface area (Å²) in [5.74, 6) is -0.621. The lowest BCUT2D eigenvalue weighted by Gasteiger charge is -2.08. The van der Waals surface area contributed by atoms with Crippen molar-refractivity contribution in [3.05, 3.63) is 10.6 Å². The fourth-order valence-corrected chi connectivity index (χ4v) is 2.78. The maximum Gasteiger partial charge on any atom is 0.350 e. The number of aromatic nitrogens is 1. The molecule has 6 nitrogen and oxygen atoms in total. The van der Waals surface area contributed by atoms with Crippen LogP contribution in [0.15, 0.2) is 0 Å². The van der Waals surface area contributed by atoms with Crippen molar-refractivity contribution in [2.45, 2.75) is 52.5 Å². The van der Waals surface area contributed by atoms with Crippen molar-refractivity contribution in [3.63, 3.8) is 0 Å². The number of nitrogens with one attached hydrogen (secondary N) is 1. The molecule has 1 aromatic rings. The first-order chi connectivity index (χ1) is 9.90. The Labute approximate surface area is 129 Å². The number of ether oxygens (including phenoxy) is 1. The Bertz CT molecular complexity index is 500. The molecule has 0 aromatic carbocycles. The van der Waals surface area contributed by atoms with Gasteiger partial charge in [0, 0.05) is 0 Å². The lowest BCUT2D eigenvalue weighted by molar-refractivity contribution is -0.117. The molecule has 0 saturated carbocycles. The van der Waals surface area contributed by atoms with Crippen LogP contribution in [0, 0.1) is 0 Å². The Kier molecular flexibility index (Phi) is 6.77. The molecule has 0 saturated heterocycles. The molecule has 0 aliphatic heterocycles. The second kappa shape index (κ2) is 8.09. The first-order valence-corrected chi connectivity index (χ1v) is 7.96. The smallest absolute Gasteiger partial charge is 0.350 e. The zero-order chi connectivity index (χ0) is 16.0. The average Bonchev–Trinajstić information content (AvgIpc) is 2.83. The molecule has 1 aromatic heterocycles. The van der Waals surface area contributed by atoms with E-state index in [9.17, 15) is 9.59 Å². The average molecular weight is 313 g/mol. The van der Waals surface area contributed by atoms with Crippen LogP contribution in [0.25, 0.3) is 0 Å². The van der Waals surface area contributed by atoms with Crippen LogP contribution in [0.5, 0.6) is 0 Å². The highest BCUT2D eigenvalue weighted by atomic mass is 32.1. The van der Waals surface area contributed by atoms with Gasteiger partial charge in [0.2, 0.25) is 5.91 Å². The molecule has 1 unspecified atom stereocenters. The van der Waals surface area contributed by atoms with E-state index in [4.69, 9.17) is 10.5 Å². The number of hydrogen-bond acceptors (Lipinski definition) is 6. The number of carbonyl (C=O) groups excluding carboxylic acids is 2. The zero-order valence-corrected chi connectivity index (χ0v) is 13.8. The third kappa shape index (κ3) is 4.78. The lowest BCUT2D eigenvalue weighted by Crippen LogP contribution is -2.35. The van der Waals surface area contributed by atoms with Crippen molar-refractivity contribution in [1.82, 2.24) is 4.98 Å². The molecule has 1 rings (SSSR count). The number of amides is 1. The summed E-state index contributed by atoms with van der Waals surface area (Å²) in [7, 11) is 0. The molecule has 1 atom stereocenters. The second-order valence-corrected chi connectivity index (χ2v) is 5.99. The van der Waals surface area contributed by atoms with E-state index in [2.05, 4.69) is 10.3 Å². The minimum absolute atomic E-state index is 0.0654. The van der Waals surface area contributed by atoms with Crippen molar-refractivity contribution in [2.24, 2.45) is 5.73 Å². The van der Waals surface area contributed by atoms with Crippen molar-refractivity contribution < 1.29 is 14.3 Å². The molecule has 118 valence electrons. The van der Waals surface area contributed by atoms with Gasteiger partial charge in [-0.15, -0.1) is 0 Å². The number of carbonyl (C=O) groups is 2. The minimum atomic E-state index is -0.563. The highest BCUT2D eigenvalue weighted by molar-refractivity contribution is 7.17. The molecule has 3 N–H and O–H groups in total. The van der Waals surface area contributed by atoms with Crippen LogP contribution in [0.3, 0.4) is 0 Å². The molecule has 0 spiro atoms. The summed E-state index contributed by atoms with van der Waals surface area (Å²) in [6.07, 6.45) is 1.44. The molecule has 0 radical (unpaired) electrons. The number of rotatable bonds is 7. The predicted molar refractivity (Wildman–Crippen MR) is 83.7 cm³/mol. The molecule has 1 amide bonds. The summed E-state index contributed by atoms with van der Waals surface area (Å²) in [5.41, 5.74) is 6.40. The summed E-state index contributed by atoms with van der Waals surface area (Å²) in [4.78, 5) is 28.6. The van der Waals surface area contributed by atoms with Crippen molar-refractivity contribution in [3.8, 4) is 0 Å². The maximum absolute atomic E-state index is 11.9. The monoisotopic (exact) mass is 313 g/mol. The SMILES string of the molecule is CCCC(N)C(=O)Nc1nc(C(C)C)c(C(=O)OCC)s1. The van der Waals surface area contributed by atoms with E-state index in [-0.39, 0.29) is 11.8 Å². The predicted octanol–water partition coefficient (Wildman–Crippen LogP) is 2.51. The molecular weight excluding hydrogens is 290 g/mol. The Morgan fingerprint density at radius 1 is 1.38 bits per heavy atom. The van der Waals surface area contributed by atoms with E-state index in [0.29, 0.717) is 28.7 Å². The highest BCUT2D eigenvalue weighted by Gasteiger charge is 2.23. The third-order valence-electron chi connectivity index (χ3n) is 2.83. The van der Waals surface area contributed by atoms with Gasteiger partial charge in [0.15, 0.2) is 5.13 Å². The van der Waals surface area contributed by atoms with Crippen molar-refractivity contribution in [2.75, 3.05) is 11.9 Å². The quantitative estimate of drug-likeness (QED) is 0.754. The highest BCUT2D eigenvalue weighted by Crippen LogP contribution is 2.29. The van der Waals surface area contributed by atoms with E-state index in [1.165, 1.54) is 0 Å². The number of hydrogen-bond donors (Lipinski definition) is 2. The Morgan fingerprint density at radius 2 is 2.05 bits per heavy atom. The first kappa shape index (κ1) is 17.6. The van der Waals surface area contributed by atoms with Gasteiger partial charge >= 0.3 is 5.97 Å². The van der Waals surface area contributed by atoms with Crippen molar-refractivity contribution in [1.29, 1.82) is 0 Å². The van der Waals surface area contributed by atoms with Gasteiger partial charge in [0.25, 0.3) is 0 Å². The first-order valence-electron chi connectivity index (χ1n) is 7.14. The van der Waals surface area contributed by atoms with Crippen LogP contribution in [0.1, 0.15) is 61.8 Å². The molecule has 0 fully saturated rings. The Morgan fingerprint density at radius 3 is 2.57 bits per heavy atom.